The molecule has 2 saturated heterocycles. The molecule has 2 aromatic carbocycles. The molecule has 1 unspecified atom stereocenters. The van der Waals surface area contributed by atoms with Crippen LogP contribution in [0.1, 0.15) is 34.7 Å². The molecular formula is C27H24N2O6. The third-order valence-electron chi connectivity index (χ3n) is 5.73. The molecular weight excluding hydrogens is 448 g/mol. The highest BCUT2D eigenvalue weighted by Crippen LogP contribution is 2.31. The summed E-state index contributed by atoms with van der Waals surface area (Å²) in [5.74, 6) is 0.0606. The second-order valence-corrected chi connectivity index (χ2v) is 8.04. The maximum absolute atomic E-state index is 13.0. The lowest BCUT2D eigenvalue weighted by Crippen LogP contribution is -2.32. The molecule has 2 fully saturated rings. The van der Waals surface area contributed by atoms with Gasteiger partial charge in [-0.1, -0.05) is 60.7 Å². The Morgan fingerprint density at radius 1 is 1.06 bits per heavy atom. The van der Waals surface area contributed by atoms with Crippen molar-refractivity contribution in [3.8, 4) is 5.75 Å². The first-order valence-electron chi connectivity index (χ1n) is 11.3. The van der Waals surface area contributed by atoms with Gasteiger partial charge in [0.15, 0.2) is 6.29 Å². The molecule has 35 heavy (non-hydrogen) atoms. The second-order valence-electron chi connectivity index (χ2n) is 8.04. The molecule has 0 bridgehead atoms. The number of hydrogen-bond donors (Lipinski definition) is 0. The van der Waals surface area contributed by atoms with Crippen LogP contribution in [0.2, 0.25) is 0 Å². The first-order chi connectivity index (χ1) is 17.2. The number of rotatable bonds is 7. The fraction of sp³-hybridized carbons (Fsp3) is 0.222. The van der Waals surface area contributed by atoms with Gasteiger partial charge in [0.1, 0.15) is 25.0 Å². The van der Waals surface area contributed by atoms with Crippen LogP contribution < -0.4 is 4.74 Å². The molecule has 3 heterocycles. The molecule has 0 spiro atoms. The SMILES string of the molecule is O=C(C=Cc1ncc(OCc2ccccc2)cc1C1OCCO1)N1C(=O)OCC1c1ccccc1. The highest BCUT2D eigenvalue weighted by atomic mass is 16.7. The zero-order valence-electron chi connectivity index (χ0n) is 18.9. The summed E-state index contributed by atoms with van der Waals surface area (Å²) >= 11 is 0. The van der Waals surface area contributed by atoms with Crippen molar-refractivity contribution in [2.75, 3.05) is 19.8 Å². The number of imide groups is 1. The van der Waals surface area contributed by atoms with Crippen LogP contribution in [-0.4, -0.2) is 41.7 Å². The van der Waals surface area contributed by atoms with Crippen molar-refractivity contribution < 1.29 is 28.5 Å². The van der Waals surface area contributed by atoms with E-state index in [4.69, 9.17) is 18.9 Å². The molecule has 2 amide bonds. The van der Waals surface area contributed by atoms with Crippen LogP contribution in [0.3, 0.4) is 0 Å². The average molecular weight is 472 g/mol. The Hall–Kier alpha value is -4.01. The summed E-state index contributed by atoms with van der Waals surface area (Å²) in [6.45, 7) is 1.42. The number of aromatic nitrogens is 1. The summed E-state index contributed by atoms with van der Waals surface area (Å²) in [7, 11) is 0. The molecule has 3 aromatic rings. The van der Waals surface area contributed by atoms with Gasteiger partial charge in [-0.2, -0.15) is 0 Å². The van der Waals surface area contributed by atoms with E-state index in [0.717, 1.165) is 16.0 Å². The van der Waals surface area contributed by atoms with Crippen LogP contribution >= 0.6 is 0 Å². The number of cyclic esters (lactones) is 1. The van der Waals surface area contributed by atoms with Crippen LogP contribution in [0, 0.1) is 0 Å². The molecule has 0 aliphatic carbocycles. The Kier molecular flexibility index (Phi) is 6.83. The molecule has 0 N–H and O–H groups in total. The van der Waals surface area contributed by atoms with Gasteiger partial charge in [0.2, 0.25) is 0 Å². The Bertz CT molecular complexity index is 1210. The molecule has 0 saturated carbocycles. The lowest BCUT2D eigenvalue weighted by molar-refractivity contribution is -0.124. The summed E-state index contributed by atoms with van der Waals surface area (Å²) in [5, 5.41) is 0. The van der Waals surface area contributed by atoms with Crippen molar-refractivity contribution in [2.45, 2.75) is 18.9 Å². The van der Waals surface area contributed by atoms with E-state index in [1.165, 1.54) is 6.08 Å². The molecule has 8 nitrogen and oxygen atoms in total. The van der Waals surface area contributed by atoms with E-state index in [9.17, 15) is 9.59 Å². The van der Waals surface area contributed by atoms with E-state index >= 15 is 0 Å². The number of nitrogens with zero attached hydrogens (tertiary/aromatic N) is 2. The molecule has 2 aliphatic rings. The summed E-state index contributed by atoms with van der Waals surface area (Å²) in [6, 6.07) is 20.4. The zero-order chi connectivity index (χ0) is 24.0. The quantitative estimate of drug-likeness (QED) is 0.470. The maximum Gasteiger partial charge on any atom is 0.417 e. The Balaban J connectivity index is 1.35. The lowest BCUT2D eigenvalue weighted by atomic mass is 10.1. The van der Waals surface area contributed by atoms with Crippen LogP contribution in [0.15, 0.2) is 79.0 Å². The topological polar surface area (TPSA) is 87.2 Å². The smallest absolute Gasteiger partial charge is 0.417 e. The molecule has 2 aliphatic heterocycles. The van der Waals surface area contributed by atoms with Crippen molar-refractivity contribution >= 4 is 18.1 Å². The molecule has 5 rings (SSSR count). The van der Waals surface area contributed by atoms with Crippen LogP contribution in [0.25, 0.3) is 6.08 Å². The average Bonchev–Trinajstić information content (AvgIpc) is 3.58. The minimum atomic E-state index is -0.672. The largest absolute Gasteiger partial charge is 0.487 e. The van der Waals surface area contributed by atoms with Gasteiger partial charge in [-0.3, -0.25) is 9.78 Å². The summed E-state index contributed by atoms with van der Waals surface area (Å²) in [6.07, 6.45) is 3.16. The molecule has 178 valence electrons. The van der Waals surface area contributed by atoms with Gasteiger partial charge in [0, 0.05) is 11.6 Å². The molecule has 1 atom stereocenters. The third kappa shape index (κ3) is 5.24. The van der Waals surface area contributed by atoms with Gasteiger partial charge in [-0.05, 0) is 23.3 Å². The number of benzene rings is 2. The minimum absolute atomic E-state index is 0.114. The highest BCUT2D eigenvalue weighted by Gasteiger charge is 2.37. The summed E-state index contributed by atoms with van der Waals surface area (Å²) in [4.78, 5) is 30.9. The van der Waals surface area contributed by atoms with Crippen LogP contribution in [-0.2, 0) is 25.6 Å². The number of pyridine rings is 1. The van der Waals surface area contributed by atoms with E-state index in [1.807, 2.05) is 60.7 Å². The minimum Gasteiger partial charge on any atom is -0.487 e. The lowest BCUT2D eigenvalue weighted by Gasteiger charge is -2.18. The predicted octanol–water partition coefficient (Wildman–Crippen LogP) is 4.44. The van der Waals surface area contributed by atoms with Gasteiger partial charge < -0.3 is 18.9 Å². The first-order valence-corrected chi connectivity index (χ1v) is 11.3. The molecule has 8 heteroatoms. The number of amides is 2. The van der Waals surface area contributed by atoms with Crippen molar-refractivity contribution in [3.05, 3.63) is 101 Å². The van der Waals surface area contributed by atoms with E-state index < -0.39 is 24.3 Å². The van der Waals surface area contributed by atoms with Crippen LogP contribution in [0.5, 0.6) is 5.75 Å². The predicted molar refractivity (Wildman–Crippen MR) is 126 cm³/mol. The Morgan fingerprint density at radius 3 is 2.51 bits per heavy atom. The normalized spacial score (nSPS) is 18.2. The van der Waals surface area contributed by atoms with E-state index in [0.29, 0.717) is 36.8 Å². The molecule has 0 radical (unpaired) electrons. The standard InChI is InChI=1S/C27H24N2O6/c30-25(29-24(18-35-27(29)31)20-9-5-2-6-10-20)12-11-23-22(26-32-13-14-33-26)15-21(16-28-23)34-17-19-7-3-1-4-8-19/h1-12,15-16,24,26H,13-14,17-18H2. The van der Waals surface area contributed by atoms with Crippen molar-refractivity contribution in [3.63, 3.8) is 0 Å². The summed E-state index contributed by atoms with van der Waals surface area (Å²) < 4.78 is 22.4. The van der Waals surface area contributed by atoms with Crippen molar-refractivity contribution in [1.82, 2.24) is 9.88 Å². The van der Waals surface area contributed by atoms with Crippen molar-refractivity contribution in [1.29, 1.82) is 0 Å². The monoisotopic (exact) mass is 472 g/mol. The number of hydrogen-bond acceptors (Lipinski definition) is 7. The fourth-order valence-electron chi connectivity index (χ4n) is 3.97. The van der Waals surface area contributed by atoms with Gasteiger partial charge in [-0.15, -0.1) is 0 Å². The van der Waals surface area contributed by atoms with Gasteiger partial charge in [-0.25, -0.2) is 9.69 Å². The first kappa shape index (κ1) is 22.8. The van der Waals surface area contributed by atoms with E-state index in [1.54, 1.807) is 18.3 Å². The fourth-order valence-corrected chi connectivity index (χ4v) is 3.97. The number of carbonyl (C=O) groups excluding carboxylic acids is 2. The van der Waals surface area contributed by atoms with E-state index in [2.05, 4.69) is 4.98 Å². The van der Waals surface area contributed by atoms with E-state index in [-0.39, 0.29) is 6.61 Å². The van der Waals surface area contributed by atoms with Gasteiger partial charge in [0.25, 0.3) is 5.91 Å². The van der Waals surface area contributed by atoms with Gasteiger partial charge >= 0.3 is 6.09 Å². The number of carbonyl (C=O) groups is 2. The number of ether oxygens (including phenoxy) is 4. The Morgan fingerprint density at radius 2 is 1.77 bits per heavy atom. The third-order valence-corrected chi connectivity index (χ3v) is 5.73. The molecule has 1 aromatic heterocycles. The zero-order valence-corrected chi connectivity index (χ0v) is 18.9. The van der Waals surface area contributed by atoms with Gasteiger partial charge in [0.05, 0.1) is 25.1 Å². The second kappa shape index (κ2) is 10.5. The maximum atomic E-state index is 13.0. The Labute approximate surface area is 202 Å². The highest BCUT2D eigenvalue weighted by molar-refractivity contribution is 6.02. The van der Waals surface area contributed by atoms with Crippen molar-refractivity contribution in [2.24, 2.45) is 0 Å². The summed E-state index contributed by atoms with van der Waals surface area (Å²) in [5.41, 5.74) is 2.98. The van der Waals surface area contributed by atoms with Crippen LogP contribution in [0.4, 0.5) is 4.79 Å².